The second kappa shape index (κ2) is 9.24. The van der Waals surface area contributed by atoms with E-state index < -0.39 is 5.97 Å². The van der Waals surface area contributed by atoms with E-state index in [1.165, 1.54) is 18.4 Å². The van der Waals surface area contributed by atoms with E-state index in [1.807, 2.05) is 12.3 Å². The summed E-state index contributed by atoms with van der Waals surface area (Å²) in [5.74, 6) is 0.190. The highest BCUT2D eigenvalue weighted by atomic mass is 35.5. The van der Waals surface area contributed by atoms with Gasteiger partial charge in [0.05, 0.1) is 30.6 Å². The standard InChI is InChI=1S/C16H18ClN3O4S/c1-4-23-14(21)8-24-15-12(17)5-11(6-13(15)22-3)7-18-20-16-19-10(2)9-25-16/h5-7,9H,4,8H2,1-3H3,(H,19,20). The summed E-state index contributed by atoms with van der Waals surface area (Å²) in [6, 6.07) is 3.35. The number of hydrazone groups is 1. The fourth-order valence-electron chi connectivity index (χ4n) is 1.86. The van der Waals surface area contributed by atoms with Crippen molar-refractivity contribution in [2.45, 2.75) is 13.8 Å². The zero-order valence-corrected chi connectivity index (χ0v) is 15.6. The van der Waals surface area contributed by atoms with Gasteiger partial charge >= 0.3 is 5.97 Å². The number of aryl methyl sites for hydroxylation is 1. The van der Waals surface area contributed by atoms with Crippen LogP contribution in [0.4, 0.5) is 5.13 Å². The Morgan fingerprint density at radius 1 is 1.48 bits per heavy atom. The van der Waals surface area contributed by atoms with E-state index in [9.17, 15) is 4.79 Å². The van der Waals surface area contributed by atoms with Gasteiger partial charge in [-0.15, -0.1) is 11.3 Å². The number of nitrogens with zero attached hydrogens (tertiary/aromatic N) is 2. The number of aromatic nitrogens is 1. The van der Waals surface area contributed by atoms with Crippen LogP contribution in [0.3, 0.4) is 0 Å². The predicted molar refractivity (Wildman–Crippen MR) is 98.2 cm³/mol. The third-order valence-corrected chi connectivity index (χ3v) is 4.03. The first-order valence-corrected chi connectivity index (χ1v) is 8.66. The molecule has 2 rings (SSSR count). The minimum absolute atomic E-state index is 0.248. The third kappa shape index (κ3) is 5.61. The van der Waals surface area contributed by atoms with Gasteiger partial charge in [-0.3, -0.25) is 5.43 Å². The lowest BCUT2D eigenvalue weighted by molar-refractivity contribution is -0.145. The Hall–Kier alpha value is -2.32. The van der Waals surface area contributed by atoms with Crippen molar-refractivity contribution in [1.82, 2.24) is 4.98 Å². The number of hydrogen-bond acceptors (Lipinski definition) is 8. The van der Waals surface area contributed by atoms with Crippen molar-refractivity contribution in [3.63, 3.8) is 0 Å². The molecule has 0 radical (unpaired) electrons. The molecular formula is C16H18ClN3O4S. The normalized spacial score (nSPS) is 10.7. The molecule has 0 unspecified atom stereocenters. The molecule has 2 aromatic rings. The molecule has 134 valence electrons. The van der Waals surface area contributed by atoms with Crippen LogP contribution in [0.15, 0.2) is 22.6 Å². The minimum Gasteiger partial charge on any atom is -0.493 e. The van der Waals surface area contributed by atoms with Gasteiger partial charge in [0, 0.05) is 5.38 Å². The maximum Gasteiger partial charge on any atom is 0.344 e. The Morgan fingerprint density at radius 3 is 2.92 bits per heavy atom. The molecule has 1 N–H and O–H groups in total. The number of rotatable bonds is 8. The van der Waals surface area contributed by atoms with Crippen molar-refractivity contribution in [2.24, 2.45) is 5.10 Å². The van der Waals surface area contributed by atoms with Crippen LogP contribution < -0.4 is 14.9 Å². The quantitative estimate of drug-likeness (QED) is 0.427. The number of nitrogens with one attached hydrogen (secondary N) is 1. The Labute approximate surface area is 154 Å². The average Bonchev–Trinajstić information content (AvgIpc) is 2.99. The first kappa shape index (κ1) is 19.0. The summed E-state index contributed by atoms with van der Waals surface area (Å²) >= 11 is 7.68. The molecule has 0 fully saturated rings. The van der Waals surface area contributed by atoms with Crippen LogP contribution in [0.2, 0.25) is 5.02 Å². The van der Waals surface area contributed by atoms with Crippen molar-refractivity contribution in [1.29, 1.82) is 0 Å². The molecule has 25 heavy (non-hydrogen) atoms. The second-order valence-corrected chi connectivity index (χ2v) is 6.06. The van der Waals surface area contributed by atoms with E-state index in [0.717, 1.165) is 5.69 Å². The fourth-order valence-corrected chi connectivity index (χ4v) is 2.77. The zero-order valence-electron chi connectivity index (χ0n) is 14.0. The van der Waals surface area contributed by atoms with E-state index in [2.05, 4.69) is 15.5 Å². The molecule has 7 nitrogen and oxygen atoms in total. The number of methoxy groups -OCH3 is 1. The van der Waals surface area contributed by atoms with Crippen molar-refractivity contribution in [2.75, 3.05) is 25.7 Å². The monoisotopic (exact) mass is 383 g/mol. The maximum absolute atomic E-state index is 11.4. The molecule has 0 aliphatic heterocycles. The van der Waals surface area contributed by atoms with Crippen LogP contribution >= 0.6 is 22.9 Å². The highest BCUT2D eigenvalue weighted by Gasteiger charge is 2.13. The van der Waals surface area contributed by atoms with Gasteiger partial charge in [0.25, 0.3) is 0 Å². The summed E-state index contributed by atoms with van der Waals surface area (Å²) in [5.41, 5.74) is 4.47. The largest absolute Gasteiger partial charge is 0.493 e. The Kier molecular flexibility index (Phi) is 7.03. The number of hydrogen-bond donors (Lipinski definition) is 1. The van der Waals surface area contributed by atoms with Gasteiger partial charge < -0.3 is 14.2 Å². The fraction of sp³-hybridized carbons (Fsp3) is 0.312. The highest BCUT2D eigenvalue weighted by Crippen LogP contribution is 2.36. The minimum atomic E-state index is -0.478. The van der Waals surface area contributed by atoms with Crippen LogP contribution in [0.1, 0.15) is 18.2 Å². The van der Waals surface area contributed by atoms with E-state index in [0.29, 0.717) is 21.5 Å². The Balaban J connectivity index is 2.08. The van der Waals surface area contributed by atoms with Crippen molar-refractivity contribution in [3.8, 4) is 11.5 Å². The number of esters is 1. The molecule has 1 aromatic heterocycles. The molecule has 1 heterocycles. The van der Waals surface area contributed by atoms with E-state index in [1.54, 1.807) is 25.3 Å². The van der Waals surface area contributed by atoms with Gasteiger partial charge in [-0.2, -0.15) is 5.10 Å². The van der Waals surface area contributed by atoms with Gasteiger partial charge in [-0.05, 0) is 31.5 Å². The van der Waals surface area contributed by atoms with Crippen LogP contribution in [0.5, 0.6) is 11.5 Å². The number of carbonyl (C=O) groups excluding carboxylic acids is 1. The summed E-state index contributed by atoms with van der Waals surface area (Å²) in [6.45, 7) is 3.67. The summed E-state index contributed by atoms with van der Waals surface area (Å²) in [5, 5.41) is 7.03. The van der Waals surface area contributed by atoms with Gasteiger partial charge in [0.2, 0.25) is 5.13 Å². The maximum atomic E-state index is 11.4. The lowest BCUT2D eigenvalue weighted by atomic mass is 10.2. The van der Waals surface area contributed by atoms with Crippen LogP contribution in [-0.4, -0.2) is 37.5 Å². The van der Waals surface area contributed by atoms with Crippen LogP contribution in [0.25, 0.3) is 0 Å². The lowest BCUT2D eigenvalue weighted by Crippen LogP contribution is -2.15. The van der Waals surface area contributed by atoms with Gasteiger partial charge in [0.1, 0.15) is 0 Å². The van der Waals surface area contributed by atoms with Gasteiger partial charge in [-0.1, -0.05) is 11.6 Å². The number of carbonyl (C=O) groups is 1. The van der Waals surface area contributed by atoms with Gasteiger partial charge in [-0.25, -0.2) is 9.78 Å². The average molecular weight is 384 g/mol. The third-order valence-electron chi connectivity index (χ3n) is 2.88. The molecule has 0 atom stereocenters. The molecule has 0 saturated carbocycles. The smallest absolute Gasteiger partial charge is 0.344 e. The topological polar surface area (TPSA) is 82.0 Å². The predicted octanol–water partition coefficient (Wildman–Crippen LogP) is 3.50. The molecule has 0 aliphatic rings. The number of halogens is 1. The summed E-state index contributed by atoms with van der Waals surface area (Å²) in [7, 11) is 1.49. The van der Waals surface area contributed by atoms with E-state index in [4.69, 9.17) is 25.8 Å². The Bertz CT molecular complexity index is 764. The van der Waals surface area contributed by atoms with Crippen LogP contribution in [-0.2, 0) is 9.53 Å². The van der Waals surface area contributed by atoms with Crippen molar-refractivity contribution < 1.29 is 19.0 Å². The number of anilines is 1. The SMILES string of the molecule is CCOC(=O)COc1c(Cl)cc(C=NNc2nc(C)cs2)cc1OC. The van der Waals surface area contributed by atoms with Crippen molar-refractivity contribution in [3.05, 3.63) is 33.8 Å². The number of ether oxygens (including phenoxy) is 3. The van der Waals surface area contributed by atoms with Gasteiger partial charge in [0.15, 0.2) is 18.1 Å². The molecule has 0 aliphatic carbocycles. The summed E-state index contributed by atoms with van der Waals surface area (Å²) in [4.78, 5) is 15.6. The number of benzene rings is 1. The summed E-state index contributed by atoms with van der Waals surface area (Å²) in [6.07, 6.45) is 1.58. The summed E-state index contributed by atoms with van der Waals surface area (Å²) < 4.78 is 15.5. The molecular weight excluding hydrogens is 366 g/mol. The molecule has 1 aromatic carbocycles. The molecule has 0 spiro atoms. The highest BCUT2D eigenvalue weighted by molar-refractivity contribution is 7.13. The first-order valence-electron chi connectivity index (χ1n) is 7.40. The molecule has 0 amide bonds. The number of thiazole rings is 1. The molecule has 0 bridgehead atoms. The van der Waals surface area contributed by atoms with Crippen LogP contribution in [0, 0.1) is 6.92 Å². The zero-order chi connectivity index (χ0) is 18.2. The van der Waals surface area contributed by atoms with Crippen molar-refractivity contribution >= 4 is 40.3 Å². The lowest BCUT2D eigenvalue weighted by Gasteiger charge is -2.12. The van der Waals surface area contributed by atoms with E-state index in [-0.39, 0.29) is 19.0 Å². The Morgan fingerprint density at radius 2 is 2.28 bits per heavy atom. The second-order valence-electron chi connectivity index (χ2n) is 4.79. The first-order chi connectivity index (χ1) is 12.0. The molecule has 0 saturated heterocycles. The molecule has 9 heteroatoms. The van der Waals surface area contributed by atoms with E-state index >= 15 is 0 Å².